The zero-order chi connectivity index (χ0) is 19.5. The van der Waals surface area contributed by atoms with Gasteiger partial charge < -0.3 is 25.0 Å². The van der Waals surface area contributed by atoms with Crippen LogP contribution in [0.25, 0.3) is 0 Å². The Bertz CT molecular complexity index is 1000. The van der Waals surface area contributed by atoms with Crippen molar-refractivity contribution in [3.63, 3.8) is 0 Å². The molecule has 0 unspecified atom stereocenters. The van der Waals surface area contributed by atoms with Crippen LogP contribution in [0.1, 0.15) is 10.5 Å². The van der Waals surface area contributed by atoms with Crippen molar-refractivity contribution in [1.82, 2.24) is 9.97 Å². The summed E-state index contributed by atoms with van der Waals surface area (Å²) in [7, 11) is 3.97. The molecule has 0 radical (unpaired) electrons. The molecular weight excluding hydrogens is 358 g/mol. The minimum absolute atomic E-state index is 0.184. The Hall–Kier alpha value is -3.81. The number of nitrogens with one attached hydrogen (secondary N) is 2. The van der Waals surface area contributed by atoms with Gasteiger partial charge >= 0.3 is 0 Å². The summed E-state index contributed by atoms with van der Waals surface area (Å²) in [5.41, 5.74) is 2.81. The first-order chi connectivity index (χ1) is 13.6. The molecular formula is C20H19N5O3. The predicted molar refractivity (Wildman–Crippen MR) is 107 cm³/mol. The fourth-order valence-electron chi connectivity index (χ4n) is 2.71. The van der Waals surface area contributed by atoms with E-state index in [0.29, 0.717) is 23.0 Å². The van der Waals surface area contributed by atoms with Gasteiger partial charge in [0.1, 0.15) is 17.8 Å². The van der Waals surface area contributed by atoms with Crippen LogP contribution >= 0.6 is 0 Å². The number of hydrogen-bond donors (Lipinski definition) is 2. The molecule has 2 heterocycles. The average Bonchev–Trinajstić information content (AvgIpc) is 3.16. The van der Waals surface area contributed by atoms with E-state index in [1.807, 2.05) is 43.3 Å². The largest absolute Gasteiger partial charge is 0.454 e. The van der Waals surface area contributed by atoms with E-state index >= 15 is 0 Å². The van der Waals surface area contributed by atoms with Gasteiger partial charge in [-0.05, 0) is 36.4 Å². The Morgan fingerprint density at radius 1 is 0.964 bits per heavy atom. The topological polar surface area (TPSA) is 88.6 Å². The molecule has 2 N–H and O–H groups in total. The third-order valence-electron chi connectivity index (χ3n) is 4.19. The molecule has 1 amide bonds. The number of hydrogen-bond acceptors (Lipinski definition) is 7. The Balaban J connectivity index is 1.46. The Labute approximate surface area is 162 Å². The first kappa shape index (κ1) is 17.6. The molecule has 4 rings (SSSR count). The van der Waals surface area contributed by atoms with E-state index in [2.05, 4.69) is 20.6 Å². The molecule has 0 atom stereocenters. The van der Waals surface area contributed by atoms with Crippen molar-refractivity contribution in [1.29, 1.82) is 0 Å². The predicted octanol–water partition coefficient (Wildman–Crippen LogP) is 3.27. The van der Waals surface area contributed by atoms with E-state index in [0.717, 1.165) is 11.4 Å². The molecule has 0 bridgehead atoms. The van der Waals surface area contributed by atoms with Crippen molar-refractivity contribution in [3.8, 4) is 11.5 Å². The third-order valence-corrected chi connectivity index (χ3v) is 4.19. The van der Waals surface area contributed by atoms with Crippen LogP contribution < -0.4 is 25.0 Å². The summed E-state index contributed by atoms with van der Waals surface area (Å²) in [6, 6.07) is 14.7. The van der Waals surface area contributed by atoms with Crippen LogP contribution in [0.5, 0.6) is 11.5 Å². The number of rotatable bonds is 5. The first-order valence-corrected chi connectivity index (χ1v) is 8.66. The van der Waals surface area contributed by atoms with Gasteiger partial charge in [0.25, 0.3) is 5.91 Å². The molecule has 142 valence electrons. The lowest BCUT2D eigenvalue weighted by atomic mass is 10.2. The van der Waals surface area contributed by atoms with Crippen molar-refractivity contribution in [3.05, 3.63) is 60.6 Å². The molecule has 28 heavy (non-hydrogen) atoms. The van der Waals surface area contributed by atoms with Crippen LogP contribution in [0.2, 0.25) is 0 Å². The van der Waals surface area contributed by atoms with Crippen molar-refractivity contribution >= 4 is 28.8 Å². The number of fused-ring (bicyclic) bond motifs is 1. The third kappa shape index (κ3) is 3.80. The molecule has 0 aliphatic carbocycles. The SMILES string of the molecule is CN(C)c1ccc(Nc2cc(C(=O)Nc3ccc4c(c3)OCO4)ncn2)cc1. The molecule has 1 aromatic heterocycles. The van der Waals surface area contributed by atoms with Crippen LogP contribution in [0.3, 0.4) is 0 Å². The zero-order valence-corrected chi connectivity index (χ0v) is 15.5. The monoisotopic (exact) mass is 377 g/mol. The number of benzene rings is 2. The minimum Gasteiger partial charge on any atom is -0.454 e. The quantitative estimate of drug-likeness (QED) is 0.705. The number of carbonyl (C=O) groups is 1. The van der Waals surface area contributed by atoms with Gasteiger partial charge in [-0.1, -0.05) is 0 Å². The fourth-order valence-corrected chi connectivity index (χ4v) is 2.71. The normalized spacial score (nSPS) is 11.8. The van der Waals surface area contributed by atoms with Crippen molar-refractivity contribution in [2.75, 3.05) is 36.4 Å². The molecule has 0 fully saturated rings. The highest BCUT2D eigenvalue weighted by molar-refractivity contribution is 6.03. The van der Waals surface area contributed by atoms with Gasteiger partial charge in [-0.15, -0.1) is 0 Å². The van der Waals surface area contributed by atoms with Gasteiger partial charge in [0, 0.05) is 43.3 Å². The summed E-state index contributed by atoms with van der Waals surface area (Å²) in [5, 5.41) is 5.98. The summed E-state index contributed by atoms with van der Waals surface area (Å²) >= 11 is 0. The van der Waals surface area contributed by atoms with E-state index < -0.39 is 0 Å². The Kier molecular flexibility index (Phi) is 4.67. The fraction of sp³-hybridized carbons (Fsp3) is 0.150. The minimum atomic E-state index is -0.340. The molecule has 3 aromatic rings. The van der Waals surface area contributed by atoms with Gasteiger partial charge in [0.05, 0.1) is 0 Å². The Morgan fingerprint density at radius 2 is 1.71 bits per heavy atom. The van der Waals surface area contributed by atoms with Crippen LogP contribution in [0, 0.1) is 0 Å². The number of carbonyl (C=O) groups excluding carboxylic acids is 1. The van der Waals surface area contributed by atoms with Crippen LogP contribution in [0.15, 0.2) is 54.9 Å². The van der Waals surface area contributed by atoms with Crippen molar-refractivity contribution in [2.24, 2.45) is 0 Å². The molecule has 0 saturated heterocycles. The highest BCUT2D eigenvalue weighted by Gasteiger charge is 2.15. The van der Waals surface area contributed by atoms with Gasteiger partial charge in [-0.25, -0.2) is 9.97 Å². The summed E-state index contributed by atoms with van der Waals surface area (Å²) in [5.74, 6) is 1.45. The smallest absolute Gasteiger partial charge is 0.274 e. The summed E-state index contributed by atoms with van der Waals surface area (Å²) < 4.78 is 10.6. The number of ether oxygens (including phenoxy) is 2. The maximum absolute atomic E-state index is 12.5. The van der Waals surface area contributed by atoms with E-state index in [-0.39, 0.29) is 18.4 Å². The number of anilines is 4. The number of aromatic nitrogens is 2. The van der Waals surface area contributed by atoms with Crippen LogP contribution in [0.4, 0.5) is 22.9 Å². The van der Waals surface area contributed by atoms with Gasteiger partial charge in [0.2, 0.25) is 6.79 Å². The van der Waals surface area contributed by atoms with E-state index in [1.165, 1.54) is 6.33 Å². The summed E-state index contributed by atoms with van der Waals surface area (Å²) in [6.45, 7) is 0.184. The maximum atomic E-state index is 12.5. The highest BCUT2D eigenvalue weighted by Crippen LogP contribution is 2.34. The summed E-state index contributed by atoms with van der Waals surface area (Å²) in [6.07, 6.45) is 1.35. The highest BCUT2D eigenvalue weighted by atomic mass is 16.7. The first-order valence-electron chi connectivity index (χ1n) is 8.66. The Morgan fingerprint density at radius 3 is 2.50 bits per heavy atom. The van der Waals surface area contributed by atoms with E-state index in [1.54, 1.807) is 24.3 Å². The van der Waals surface area contributed by atoms with E-state index in [4.69, 9.17) is 9.47 Å². The molecule has 1 aliphatic heterocycles. The second kappa shape index (κ2) is 7.43. The lowest BCUT2D eigenvalue weighted by molar-refractivity contribution is 0.102. The molecule has 1 aliphatic rings. The lowest BCUT2D eigenvalue weighted by Crippen LogP contribution is -2.14. The standard InChI is InChI=1S/C20H19N5O3/c1-25(2)15-6-3-13(4-7-15)23-19-10-16(21-11-22-19)20(26)24-14-5-8-17-18(9-14)28-12-27-17/h3-11H,12H2,1-2H3,(H,24,26)(H,21,22,23). The zero-order valence-electron chi connectivity index (χ0n) is 15.5. The number of nitrogens with zero attached hydrogens (tertiary/aromatic N) is 3. The second-order valence-corrected chi connectivity index (χ2v) is 6.38. The summed E-state index contributed by atoms with van der Waals surface area (Å²) in [4.78, 5) is 22.8. The van der Waals surface area contributed by atoms with Crippen molar-refractivity contribution in [2.45, 2.75) is 0 Å². The molecule has 8 nitrogen and oxygen atoms in total. The van der Waals surface area contributed by atoms with Crippen LogP contribution in [-0.2, 0) is 0 Å². The molecule has 0 saturated carbocycles. The second-order valence-electron chi connectivity index (χ2n) is 6.38. The molecule has 0 spiro atoms. The van der Waals surface area contributed by atoms with Crippen molar-refractivity contribution < 1.29 is 14.3 Å². The maximum Gasteiger partial charge on any atom is 0.274 e. The van der Waals surface area contributed by atoms with E-state index in [9.17, 15) is 4.79 Å². The van der Waals surface area contributed by atoms with Gasteiger partial charge in [-0.3, -0.25) is 4.79 Å². The lowest BCUT2D eigenvalue weighted by Gasteiger charge is -2.13. The van der Waals surface area contributed by atoms with Crippen LogP contribution in [-0.4, -0.2) is 36.8 Å². The van der Waals surface area contributed by atoms with Gasteiger partial charge in [-0.2, -0.15) is 0 Å². The molecule has 8 heteroatoms. The average molecular weight is 377 g/mol. The number of amides is 1. The van der Waals surface area contributed by atoms with Gasteiger partial charge in [0.15, 0.2) is 11.5 Å². The molecule has 2 aromatic carbocycles.